The molecule has 1 aromatic carbocycles. The molecule has 0 radical (unpaired) electrons. The number of rotatable bonds is 3. The van der Waals surface area contributed by atoms with Gasteiger partial charge in [-0.3, -0.25) is 0 Å². The summed E-state index contributed by atoms with van der Waals surface area (Å²) in [5, 5.41) is 15.1. The van der Waals surface area contributed by atoms with Crippen molar-refractivity contribution in [3.63, 3.8) is 0 Å². The molecule has 1 aliphatic rings. The zero-order valence-electron chi connectivity index (χ0n) is 11.5. The Morgan fingerprint density at radius 1 is 1.24 bits per heavy atom. The van der Waals surface area contributed by atoms with Gasteiger partial charge in [-0.05, 0) is 24.5 Å². The fourth-order valence-corrected chi connectivity index (χ4v) is 3.37. The van der Waals surface area contributed by atoms with Crippen molar-refractivity contribution in [1.29, 1.82) is 5.26 Å². The minimum atomic E-state index is 0.365. The Morgan fingerprint density at radius 3 is 2.62 bits per heavy atom. The molecule has 108 valence electrons. The third kappa shape index (κ3) is 2.79. The maximum atomic E-state index is 9.38. The number of nitrogens with zero attached hydrogens (tertiary/aromatic N) is 3. The number of benzene rings is 1. The Morgan fingerprint density at radius 2 is 1.95 bits per heavy atom. The Hall–Kier alpha value is -1.50. The predicted molar refractivity (Wildman–Crippen MR) is 83.7 cm³/mol. The molecule has 0 saturated heterocycles. The van der Waals surface area contributed by atoms with Crippen molar-refractivity contribution in [3.05, 3.63) is 51.3 Å². The number of aromatic nitrogens is 2. The van der Waals surface area contributed by atoms with Crippen LogP contribution in [0.4, 0.5) is 0 Å². The SMILES string of the molecule is N#Cc1c(C2CCCC2)nn(Cc2ccccc2Cl)c1Cl. The van der Waals surface area contributed by atoms with Crippen molar-refractivity contribution in [2.75, 3.05) is 0 Å². The first kappa shape index (κ1) is 14.4. The molecular formula is C16H15Cl2N3. The largest absolute Gasteiger partial charge is 0.248 e. The molecule has 0 spiro atoms. The van der Waals surface area contributed by atoms with Crippen LogP contribution in [0.3, 0.4) is 0 Å². The molecule has 1 aromatic heterocycles. The molecule has 1 saturated carbocycles. The highest BCUT2D eigenvalue weighted by molar-refractivity contribution is 6.31. The lowest BCUT2D eigenvalue weighted by Crippen LogP contribution is -2.04. The Balaban J connectivity index is 1.96. The average molecular weight is 320 g/mol. The third-order valence-corrected chi connectivity index (χ3v) is 4.80. The van der Waals surface area contributed by atoms with Gasteiger partial charge in [-0.2, -0.15) is 10.4 Å². The second-order valence-corrected chi connectivity index (χ2v) is 6.16. The van der Waals surface area contributed by atoms with E-state index < -0.39 is 0 Å². The van der Waals surface area contributed by atoms with E-state index in [9.17, 15) is 5.26 Å². The number of hydrogen-bond acceptors (Lipinski definition) is 2. The highest BCUT2D eigenvalue weighted by Crippen LogP contribution is 2.37. The summed E-state index contributed by atoms with van der Waals surface area (Å²) in [6.45, 7) is 0.486. The standard InChI is InChI=1S/C16H15Cl2N3/c17-14-8-4-3-7-12(14)10-21-16(18)13(9-19)15(20-21)11-5-1-2-6-11/h3-4,7-8,11H,1-2,5-6,10H2. The van der Waals surface area contributed by atoms with E-state index in [1.54, 1.807) is 4.68 Å². The maximum absolute atomic E-state index is 9.38. The lowest BCUT2D eigenvalue weighted by molar-refractivity contribution is 0.629. The molecule has 3 nitrogen and oxygen atoms in total. The van der Waals surface area contributed by atoms with Crippen LogP contribution in [-0.4, -0.2) is 9.78 Å². The summed E-state index contributed by atoms with van der Waals surface area (Å²) in [5.41, 5.74) is 2.33. The first-order valence-electron chi connectivity index (χ1n) is 7.10. The smallest absolute Gasteiger partial charge is 0.145 e. The van der Waals surface area contributed by atoms with Crippen LogP contribution in [0, 0.1) is 11.3 Å². The summed E-state index contributed by atoms with van der Waals surface area (Å²) in [6.07, 6.45) is 4.58. The van der Waals surface area contributed by atoms with Gasteiger partial charge in [0.1, 0.15) is 16.8 Å². The second-order valence-electron chi connectivity index (χ2n) is 5.39. The van der Waals surface area contributed by atoms with Crippen molar-refractivity contribution < 1.29 is 0 Å². The van der Waals surface area contributed by atoms with Gasteiger partial charge in [0.15, 0.2) is 0 Å². The van der Waals surface area contributed by atoms with Gasteiger partial charge in [-0.25, -0.2) is 4.68 Å². The van der Waals surface area contributed by atoms with Gasteiger partial charge >= 0.3 is 0 Å². The Kier molecular flexibility index (Phi) is 4.19. The fourth-order valence-electron chi connectivity index (χ4n) is 2.94. The predicted octanol–water partition coefficient (Wildman–Crippen LogP) is 4.77. The zero-order chi connectivity index (χ0) is 14.8. The van der Waals surface area contributed by atoms with Gasteiger partial charge in [0.2, 0.25) is 0 Å². The van der Waals surface area contributed by atoms with Crippen molar-refractivity contribution >= 4 is 23.2 Å². The van der Waals surface area contributed by atoms with E-state index in [1.165, 1.54) is 12.8 Å². The summed E-state index contributed by atoms with van der Waals surface area (Å²) in [4.78, 5) is 0. The molecule has 0 amide bonds. The Labute approximate surface area is 134 Å². The molecule has 21 heavy (non-hydrogen) atoms. The molecule has 0 bridgehead atoms. The van der Waals surface area contributed by atoms with Gasteiger partial charge in [0, 0.05) is 10.9 Å². The number of halogens is 2. The summed E-state index contributed by atoms with van der Waals surface area (Å²) < 4.78 is 1.69. The van der Waals surface area contributed by atoms with E-state index in [4.69, 9.17) is 23.2 Å². The van der Waals surface area contributed by atoms with Crippen LogP contribution in [0.5, 0.6) is 0 Å². The molecule has 1 fully saturated rings. The molecule has 5 heteroatoms. The Bertz CT molecular complexity index is 694. The minimum absolute atomic E-state index is 0.365. The lowest BCUT2D eigenvalue weighted by Gasteiger charge is -2.06. The van der Waals surface area contributed by atoms with Crippen molar-refractivity contribution in [3.8, 4) is 6.07 Å². The van der Waals surface area contributed by atoms with Crippen molar-refractivity contribution in [2.45, 2.75) is 38.1 Å². The quantitative estimate of drug-likeness (QED) is 0.817. The van der Waals surface area contributed by atoms with E-state index in [2.05, 4.69) is 11.2 Å². The van der Waals surface area contributed by atoms with E-state index in [0.29, 0.717) is 28.2 Å². The molecule has 1 aliphatic carbocycles. The molecule has 1 heterocycles. The molecular weight excluding hydrogens is 305 g/mol. The first-order chi connectivity index (χ1) is 10.2. The van der Waals surface area contributed by atoms with Gasteiger partial charge in [0.25, 0.3) is 0 Å². The van der Waals surface area contributed by atoms with E-state index >= 15 is 0 Å². The van der Waals surface area contributed by atoms with E-state index in [0.717, 1.165) is 24.1 Å². The summed E-state index contributed by atoms with van der Waals surface area (Å²) >= 11 is 12.5. The van der Waals surface area contributed by atoms with Gasteiger partial charge < -0.3 is 0 Å². The first-order valence-corrected chi connectivity index (χ1v) is 7.86. The van der Waals surface area contributed by atoms with Crippen LogP contribution in [-0.2, 0) is 6.54 Å². The number of hydrogen-bond donors (Lipinski definition) is 0. The van der Waals surface area contributed by atoms with Gasteiger partial charge in [0.05, 0.1) is 12.2 Å². The maximum Gasteiger partial charge on any atom is 0.145 e. The molecule has 0 aliphatic heterocycles. The molecule has 3 rings (SSSR count). The minimum Gasteiger partial charge on any atom is -0.248 e. The van der Waals surface area contributed by atoms with Crippen molar-refractivity contribution in [1.82, 2.24) is 9.78 Å². The van der Waals surface area contributed by atoms with Gasteiger partial charge in [-0.1, -0.05) is 54.2 Å². The molecule has 2 aromatic rings. The van der Waals surface area contributed by atoms with E-state index in [1.807, 2.05) is 24.3 Å². The van der Waals surface area contributed by atoms with Crippen LogP contribution >= 0.6 is 23.2 Å². The average Bonchev–Trinajstić information content (AvgIpc) is 3.10. The van der Waals surface area contributed by atoms with Crippen LogP contribution < -0.4 is 0 Å². The topological polar surface area (TPSA) is 41.6 Å². The van der Waals surface area contributed by atoms with Crippen molar-refractivity contribution in [2.24, 2.45) is 0 Å². The second kappa shape index (κ2) is 6.09. The lowest BCUT2D eigenvalue weighted by atomic mass is 10.0. The van der Waals surface area contributed by atoms with E-state index in [-0.39, 0.29) is 0 Å². The van der Waals surface area contributed by atoms with Gasteiger partial charge in [-0.15, -0.1) is 0 Å². The third-order valence-electron chi connectivity index (χ3n) is 4.05. The summed E-state index contributed by atoms with van der Waals surface area (Å²) in [7, 11) is 0. The molecule has 0 atom stereocenters. The normalized spacial score (nSPS) is 15.3. The highest BCUT2D eigenvalue weighted by Gasteiger charge is 2.26. The number of nitriles is 1. The fraction of sp³-hybridized carbons (Fsp3) is 0.375. The molecule has 0 unspecified atom stereocenters. The van der Waals surface area contributed by atoms with Crippen LogP contribution in [0.1, 0.15) is 48.4 Å². The highest BCUT2D eigenvalue weighted by atomic mass is 35.5. The summed E-state index contributed by atoms with van der Waals surface area (Å²) in [6, 6.07) is 9.83. The van der Waals surface area contributed by atoms with Crippen LogP contribution in [0.2, 0.25) is 10.2 Å². The summed E-state index contributed by atoms with van der Waals surface area (Å²) in [5.74, 6) is 0.365. The molecule has 0 N–H and O–H groups in total. The monoisotopic (exact) mass is 319 g/mol. The van der Waals surface area contributed by atoms with Crippen LogP contribution in [0.25, 0.3) is 0 Å². The van der Waals surface area contributed by atoms with Crippen LogP contribution in [0.15, 0.2) is 24.3 Å². The zero-order valence-corrected chi connectivity index (χ0v) is 13.0.